The number of fused-ring (bicyclic) bond motifs is 1. The maximum atomic E-state index is 5.64. The van der Waals surface area contributed by atoms with Crippen molar-refractivity contribution < 1.29 is 4.74 Å². The van der Waals surface area contributed by atoms with Crippen LogP contribution in [0.25, 0.3) is 0 Å². The molecule has 3 heteroatoms. The molecule has 0 unspecified atom stereocenters. The maximum Gasteiger partial charge on any atom is 0.142 e. The van der Waals surface area contributed by atoms with Gasteiger partial charge in [-0.1, -0.05) is 12.1 Å². The summed E-state index contributed by atoms with van der Waals surface area (Å²) in [6.45, 7) is 3.43. The van der Waals surface area contributed by atoms with Crippen LogP contribution in [0.5, 0.6) is 5.75 Å². The first kappa shape index (κ1) is 9.34. The van der Waals surface area contributed by atoms with Crippen LogP contribution in [0.2, 0.25) is 0 Å². The highest BCUT2D eigenvalue weighted by Gasteiger charge is 2.14. The third-order valence-corrected chi connectivity index (χ3v) is 2.43. The average molecular weight is 192 g/mol. The van der Waals surface area contributed by atoms with E-state index in [1.165, 1.54) is 5.69 Å². The first-order valence-corrected chi connectivity index (χ1v) is 5.08. The van der Waals surface area contributed by atoms with Crippen molar-refractivity contribution in [3.8, 4) is 5.75 Å². The van der Waals surface area contributed by atoms with Gasteiger partial charge in [0.15, 0.2) is 0 Å². The molecule has 0 radical (unpaired) electrons. The number of rotatable bonds is 2. The zero-order valence-electron chi connectivity index (χ0n) is 8.28. The Balaban J connectivity index is 2.27. The molecule has 1 aromatic carbocycles. The van der Waals surface area contributed by atoms with Crippen LogP contribution in [0.4, 0.5) is 5.69 Å². The van der Waals surface area contributed by atoms with Crippen LogP contribution in [0.15, 0.2) is 24.3 Å². The van der Waals surface area contributed by atoms with Crippen LogP contribution >= 0.6 is 0 Å². The van der Waals surface area contributed by atoms with E-state index in [4.69, 9.17) is 10.5 Å². The van der Waals surface area contributed by atoms with Crippen molar-refractivity contribution in [1.82, 2.24) is 0 Å². The normalized spacial score (nSPS) is 15.6. The molecule has 2 N–H and O–H groups in total. The number of ether oxygens (including phenoxy) is 1. The van der Waals surface area contributed by atoms with Gasteiger partial charge in [0.2, 0.25) is 0 Å². The summed E-state index contributed by atoms with van der Waals surface area (Å²) >= 11 is 0. The van der Waals surface area contributed by atoms with Crippen LogP contribution in [-0.2, 0) is 0 Å². The Hall–Kier alpha value is -1.22. The first-order valence-electron chi connectivity index (χ1n) is 5.08. The van der Waals surface area contributed by atoms with Crippen molar-refractivity contribution in [2.45, 2.75) is 6.42 Å². The topological polar surface area (TPSA) is 38.5 Å². The highest BCUT2D eigenvalue weighted by Crippen LogP contribution is 2.29. The second-order valence-electron chi connectivity index (χ2n) is 3.45. The number of benzene rings is 1. The predicted molar refractivity (Wildman–Crippen MR) is 57.8 cm³/mol. The molecule has 0 saturated carbocycles. The number of nitrogens with two attached hydrogens (primary N) is 1. The van der Waals surface area contributed by atoms with Crippen LogP contribution in [0.1, 0.15) is 6.42 Å². The molecule has 14 heavy (non-hydrogen) atoms. The van der Waals surface area contributed by atoms with Crippen LogP contribution in [-0.4, -0.2) is 26.2 Å². The summed E-state index contributed by atoms with van der Waals surface area (Å²) in [5, 5.41) is 0. The van der Waals surface area contributed by atoms with Gasteiger partial charge in [0.05, 0.1) is 12.3 Å². The van der Waals surface area contributed by atoms with E-state index in [0.717, 1.165) is 31.9 Å². The molecular weight excluding hydrogens is 176 g/mol. The van der Waals surface area contributed by atoms with Gasteiger partial charge in [0.25, 0.3) is 0 Å². The van der Waals surface area contributed by atoms with Gasteiger partial charge >= 0.3 is 0 Å². The van der Waals surface area contributed by atoms with Gasteiger partial charge in [-0.3, -0.25) is 0 Å². The Kier molecular flexibility index (Phi) is 2.89. The van der Waals surface area contributed by atoms with Crippen molar-refractivity contribution in [3.63, 3.8) is 0 Å². The van der Waals surface area contributed by atoms with Gasteiger partial charge in [-0.05, 0) is 18.6 Å². The Bertz CT molecular complexity index is 301. The Morgan fingerprint density at radius 2 is 2.21 bits per heavy atom. The summed E-state index contributed by atoms with van der Waals surface area (Å²) in [5.41, 5.74) is 6.76. The quantitative estimate of drug-likeness (QED) is 0.766. The third-order valence-electron chi connectivity index (χ3n) is 2.43. The van der Waals surface area contributed by atoms with Crippen LogP contribution in [0.3, 0.4) is 0 Å². The number of hydrogen-bond donors (Lipinski definition) is 1. The smallest absolute Gasteiger partial charge is 0.142 e. The van der Waals surface area contributed by atoms with Crippen LogP contribution < -0.4 is 15.4 Å². The van der Waals surface area contributed by atoms with E-state index in [0.29, 0.717) is 6.54 Å². The van der Waals surface area contributed by atoms with E-state index < -0.39 is 0 Å². The molecule has 0 aromatic heterocycles. The summed E-state index contributed by atoms with van der Waals surface area (Å²) in [6, 6.07) is 8.16. The van der Waals surface area contributed by atoms with E-state index >= 15 is 0 Å². The Labute approximate surface area is 84.5 Å². The minimum atomic E-state index is 0.689. The number of nitrogens with zero attached hydrogens (tertiary/aromatic N) is 1. The molecule has 76 valence electrons. The molecule has 2 rings (SSSR count). The lowest BCUT2D eigenvalue weighted by Gasteiger charge is -2.22. The molecule has 0 spiro atoms. The molecule has 1 aromatic rings. The molecule has 0 atom stereocenters. The fraction of sp³-hybridized carbons (Fsp3) is 0.455. The van der Waals surface area contributed by atoms with E-state index in [1.807, 2.05) is 18.2 Å². The average Bonchev–Trinajstić information content (AvgIpc) is 2.42. The number of para-hydroxylation sites is 2. The first-order chi connectivity index (χ1) is 6.92. The Morgan fingerprint density at radius 1 is 1.36 bits per heavy atom. The molecule has 1 aliphatic heterocycles. The third kappa shape index (κ3) is 1.82. The highest BCUT2D eigenvalue weighted by atomic mass is 16.5. The molecule has 1 heterocycles. The lowest BCUT2D eigenvalue weighted by Crippen LogP contribution is -2.29. The summed E-state index contributed by atoms with van der Waals surface area (Å²) < 4.78 is 5.64. The van der Waals surface area contributed by atoms with E-state index in [2.05, 4.69) is 11.0 Å². The summed E-state index contributed by atoms with van der Waals surface area (Å²) in [4.78, 5) is 2.29. The maximum absolute atomic E-state index is 5.64. The van der Waals surface area contributed by atoms with Crippen molar-refractivity contribution in [2.24, 2.45) is 5.73 Å². The highest BCUT2D eigenvalue weighted by molar-refractivity contribution is 5.58. The fourth-order valence-corrected chi connectivity index (χ4v) is 1.79. The van der Waals surface area contributed by atoms with Gasteiger partial charge < -0.3 is 15.4 Å². The zero-order chi connectivity index (χ0) is 9.80. The molecule has 0 saturated heterocycles. The molecule has 1 aliphatic rings. The number of hydrogen-bond acceptors (Lipinski definition) is 3. The van der Waals surface area contributed by atoms with Gasteiger partial charge in [0, 0.05) is 19.6 Å². The minimum Gasteiger partial charge on any atom is -0.491 e. The van der Waals surface area contributed by atoms with Crippen LogP contribution in [0, 0.1) is 0 Å². The summed E-state index contributed by atoms with van der Waals surface area (Å²) in [6.07, 6.45) is 1.06. The molecule has 0 aliphatic carbocycles. The standard InChI is InChI=1S/C11H16N2O/c12-6-8-13-7-3-9-14-11-5-2-1-4-10(11)13/h1-2,4-5H,3,6-9,12H2. The number of anilines is 1. The van der Waals surface area contributed by atoms with Crippen molar-refractivity contribution in [3.05, 3.63) is 24.3 Å². The van der Waals surface area contributed by atoms with Gasteiger partial charge in [-0.25, -0.2) is 0 Å². The van der Waals surface area contributed by atoms with E-state index in [1.54, 1.807) is 0 Å². The van der Waals surface area contributed by atoms with Crippen molar-refractivity contribution >= 4 is 5.69 Å². The Morgan fingerprint density at radius 3 is 3.07 bits per heavy atom. The molecule has 0 amide bonds. The summed E-state index contributed by atoms with van der Waals surface area (Å²) in [5.74, 6) is 0.985. The summed E-state index contributed by atoms with van der Waals surface area (Å²) in [7, 11) is 0. The van der Waals surface area contributed by atoms with Gasteiger partial charge in [0.1, 0.15) is 5.75 Å². The second kappa shape index (κ2) is 4.33. The molecule has 0 bridgehead atoms. The largest absolute Gasteiger partial charge is 0.491 e. The zero-order valence-corrected chi connectivity index (χ0v) is 8.28. The van der Waals surface area contributed by atoms with Crippen molar-refractivity contribution in [1.29, 1.82) is 0 Å². The van der Waals surface area contributed by atoms with E-state index in [9.17, 15) is 0 Å². The lowest BCUT2D eigenvalue weighted by molar-refractivity contribution is 0.322. The molecule has 3 nitrogen and oxygen atoms in total. The molecule has 0 fully saturated rings. The monoisotopic (exact) mass is 192 g/mol. The lowest BCUT2D eigenvalue weighted by atomic mass is 10.2. The van der Waals surface area contributed by atoms with Gasteiger partial charge in [-0.2, -0.15) is 0 Å². The predicted octanol–water partition coefficient (Wildman–Crippen LogP) is 1.23. The fourth-order valence-electron chi connectivity index (χ4n) is 1.79. The second-order valence-corrected chi connectivity index (χ2v) is 3.45. The van der Waals surface area contributed by atoms with Gasteiger partial charge in [-0.15, -0.1) is 0 Å². The minimum absolute atomic E-state index is 0.689. The molecular formula is C11H16N2O. The SMILES string of the molecule is NCCN1CCCOc2ccccc21. The van der Waals surface area contributed by atoms with E-state index in [-0.39, 0.29) is 0 Å². The van der Waals surface area contributed by atoms with Crippen molar-refractivity contribution in [2.75, 3.05) is 31.1 Å².